The van der Waals surface area contributed by atoms with Crippen molar-refractivity contribution in [1.82, 2.24) is 0 Å². The van der Waals surface area contributed by atoms with Gasteiger partial charge in [-0.3, -0.25) is 9.59 Å². The molecule has 0 amide bonds. The minimum absolute atomic E-state index is 0.00139. The van der Waals surface area contributed by atoms with E-state index in [1.165, 1.54) is 51.0 Å². The summed E-state index contributed by atoms with van der Waals surface area (Å²) in [5.74, 6) is -0.133. The monoisotopic (exact) mass is 650 g/mol. The topological polar surface area (TPSA) is 134 Å². The summed E-state index contributed by atoms with van der Waals surface area (Å²) < 4.78 is 10.4. The minimum atomic E-state index is -1.09. The van der Waals surface area contributed by atoms with Crippen molar-refractivity contribution in [3.63, 3.8) is 0 Å². The maximum Gasteiger partial charge on any atom is 0.306 e. The fourth-order valence-corrected chi connectivity index (χ4v) is 4.77. The number of aliphatic hydroxyl groups excluding tert-OH is 4. The highest BCUT2D eigenvalue weighted by Gasteiger charge is 2.18. The third kappa shape index (κ3) is 29.2. The van der Waals surface area contributed by atoms with E-state index in [-0.39, 0.29) is 31.8 Å². The lowest BCUT2D eigenvalue weighted by Crippen LogP contribution is -2.29. The lowest BCUT2D eigenvalue weighted by atomic mass is 10.0. The Labute approximate surface area is 279 Å². The van der Waals surface area contributed by atoms with Gasteiger partial charge in [-0.05, 0) is 31.6 Å². The molecule has 0 aliphatic carbocycles. The molecule has 4 atom stereocenters. The molecular formula is C38H66O8. The van der Waals surface area contributed by atoms with Crippen LogP contribution in [0.1, 0.15) is 136 Å². The molecule has 0 spiro atoms. The highest BCUT2D eigenvalue weighted by Crippen LogP contribution is 2.14. The summed E-state index contributed by atoms with van der Waals surface area (Å²) in [6.45, 7) is 6.02. The molecule has 0 aromatic carbocycles. The molecule has 0 rings (SSSR count). The Kier molecular flexibility index (Phi) is 29.8. The van der Waals surface area contributed by atoms with Crippen molar-refractivity contribution in [3.05, 3.63) is 48.6 Å². The Bertz CT molecular complexity index is 848. The van der Waals surface area contributed by atoms with Crippen LogP contribution in [0.15, 0.2) is 48.6 Å². The van der Waals surface area contributed by atoms with E-state index in [9.17, 15) is 30.0 Å². The summed E-state index contributed by atoms with van der Waals surface area (Å²) in [7, 11) is 0. The van der Waals surface area contributed by atoms with Gasteiger partial charge in [0.2, 0.25) is 0 Å². The van der Waals surface area contributed by atoms with Crippen LogP contribution in [-0.4, -0.2) is 70.0 Å². The number of carbonyl (C=O) groups is 2. The van der Waals surface area contributed by atoms with E-state index in [1.807, 2.05) is 6.08 Å². The first-order chi connectivity index (χ1) is 22.2. The number of esters is 2. The van der Waals surface area contributed by atoms with Gasteiger partial charge < -0.3 is 29.9 Å². The van der Waals surface area contributed by atoms with E-state index in [1.54, 1.807) is 36.5 Å². The van der Waals surface area contributed by atoms with Crippen LogP contribution in [0.25, 0.3) is 0 Å². The molecule has 0 saturated heterocycles. The molecular weight excluding hydrogens is 584 g/mol. The summed E-state index contributed by atoms with van der Waals surface area (Å²) >= 11 is 0. The van der Waals surface area contributed by atoms with Crippen molar-refractivity contribution in [2.75, 3.05) is 13.2 Å². The normalized spacial score (nSPS) is 15.0. The maximum atomic E-state index is 12.2. The zero-order valence-electron chi connectivity index (χ0n) is 29.1. The number of rotatable bonds is 30. The fraction of sp³-hybridized carbons (Fsp3) is 0.737. The highest BCUT2D eigenvalue weighted by molar-refractivity contribution is 5.70. The first-order valence-electron chi connectivity index (χ1n) is 17.9. The van der Waals surface area contributed by atoms with Crippen LogP contribution in [0, 0.1) is 5.92 Å². The summed E-state index contributed by atoms with van der Waals surface area (Å²) in [5, 5.41) is 39.6. The van der Waals surface area contributed by atoms with E-state index in [0.717, 1.165) is 50.9 Å². The van der Waals surface area contributed by atoms with Gasteiger partial charge in [-0.25, -0.2) is 0 Å². The SMILES string of the molecule is CCCCC[C@H](O)/C=C/C=C\C=C\C=C\[C@H](O)[C@@H](O)CCCC(=O)O[C@@H](CO)COC(=O)CCCCCCCCCCCC(C)C. The van der Waals surface area contributed by atoms with Crippen LogP contribution in [0.4, 0.5) is 0 Å². The largest absolute Gasteiger partial charge is 0.462 e. The Morgan fingerprint density at radius 1 is 0.630 bits per heavy atom. The van der Waals surface area contributed by atoms with Crippen LogP contribution < -0.4 is 0 Å². The molecule has 0 aliphatic heterocycles. The molecule has 8 heteroatoms. The van der Waals surface area contributed by atoms with Gasteiger partial charge in [0.1, 0.15) is 6.61 Å². The average Bonchev–Trinajstić information content (AvgIpc) is 3.02. The summed E-state index contributed by atoms with van der Waals surface area (Å²) in [6, 6.07) is 0. The molecule has 0 aromatic heterocycles. The lowest BCUT2D eigenvalue weighted by molar-refractivity contribution is -0.161. The van der Waals surface area contributed by atoms with Gasteiger partial charge >= 0.3 is 11.9 Å². The average molecular weight is 651 g/mol. The van der Waals surface area contributed by atoms with Crippen molar-refractivity contribution in [1.29, 1.82) is 0 Å². The standard InChI is InChI=1S/C38H66O8/c1-4-5-17-24-33(40)25-19-14-11-12-15-20-26-35(41)36(42)27-22-29-38(44)46-34(30-39)31-45-37(43)28-21-16-10-8-6-7-9-13-18-23-32(2)3/h11-12,14-15,19-20,25-26,32-36,39-42H,4-10,13,16-18,21-24,27-31H2,1-3H3/b14-11-,15-12+,25-19+,26-20+/t33-,34-,35-,36-/m0/s1. The van der Waals surface area contributed by atoms with E-state index >= 15 is 0 Å². The van der Waals surface area contributed by atoms with Crippen molar-refractivity contribution in [2.24, 2.45) is 5.92 Å². The first-order valence-corrected chi connectivity index (χ1v) is 17.9. The Morgan fingerprint density at radius 3 is 1.78 bits per heavy atom. The molecule has 266 valence electrons. The number of aliphatic hydroxyl groups is 4. The number of hydrogen-bond donors (Lipinski definition) is 4. The number of carbonyl (C=O) groups excluding carboxylic acids is 2. The number of hydrogen-bond acceptors (Lipinski definition) is 8. The van der Waals surface area contributed by atoms with E-state index in [2.05, 4.69) is 20.8 Å². The van der Waals surface area contributed by atoms with Gasteiger partial charge in [0.25, 0.3) is 0 Å². The lowest BCUT2D eigenvalue weighted by Gasteiger charge is -2.17. The Morgan fingerprint density at radius 2 is 1.17 bits per heavy atom. The molecule has 8 nitrogen and oxygen atoms in total. The first kappa shape index (κ1) is 43.7. The molecule has 0 heterocycles. The number of unbranched alkanes of at least 4 members (excludes halogenated alkanes) is 10. The third-order valence-electron chi connectivity index (χ3n) is 7.67. The van der Waals surface area contributed by atoms with Crippen LogP contribution >= 0.6 is 0 Å². The third-order valence-corrected chi connectivity index (χ3v) is 7.67. The predicted octanol–water partition coefficient (Wildman–Crippen LogP) is 7.44. The maximum absolute atomic E-state index is 12.2. The number of ether oxygens (including phenoxy) is 2. The fourth-order valence-electron chi connectivity index (χ4n) is 4.77. The van der Waals surface area contributed by atoms with Crippen molar-refractivity contribution >= 4 is 11.9 Å². The second-order valence-electron chi connectivity index (χ2n) is 12.6. The van der Waals surface area contributed by atoms with E-state index < -0.39 is 37.0 Å². The Hall–Kier alpha value is -2.26. The minimum Gasteiger partial charge on any atom is -0.462 e. The van der Waals surface area contributed by atoms with Crippen LogP contribution in [0.2, 0.25) is 0 Å². The molecule has 0 bridgehead atoms. The summed E-state index contributed by atoms with van der Waals surface area (Å²) in [6.07, 6.45) is 26.9. The molecule has 4 N–H and O–H groups in total. The summed E-state index contributed by atoms with van der Waals surface area (Å²) in [4.78, 5) is 24.2. The van der Waals surface area contributed by atoms with Crippen LogP contribution in [0.3, 0.4) is 0 Å². The van der Waals surface area contributed by atoms with Crippen LogP contribution in [-0.2, 0) is 19.1 Å². The second-order valence-corrected chi connectivity index (χ2v) is 12.6. The van der Waals surface area contributed by atoms with Crippen molar-refractivity contribution in [3.8, 4) is 0 Å². The zero-order valence-corrected chi connectivity index (χ0v) is 29.1. The molecule has 0 radical (unpaired) electrons. The van der Waals surface area contributed by atoms with E-state index in [0.29, 0.717) is 6.42 Å². The van der Waals surface area contributed by atoms with Gasteiger partial charge in [0.05, 0.1) is 24.9 Å². The zero-order chi connectivity index (χ0) is 34.3. The van der Waals surface area contributed by atoms with E-state index in [4.69, 9.17) is 9.47 Å². The molecule has 0 aliphatic rings. The predicted molar refractivity (Wildman–Crippen MR) is 186 cm³/mol. The Balaban J connectivity index is 3.99. The quantitative estimate of drug-likeness (QED) is 0.0358. The summed E-state index contributed by atoms with van der Waals surface area (Å²) in [5.41, 5.74) is 0. The van der Waals surface area contributed by atoms with Gasteiger partial charge in [-0.2, -0.15) is 0 Å². The molecule has 46 heavy (non-hydrogen) atoms. The van der Waals surface area contributed by atoms with Crippen LogP contribution in [0.5, 0.6) is 0 Å². The molecule has 0 fully saturated rings. The molecule has 0 aromatic rings. The molecule has 0 unspecified atom stereocenters. The van der Waals surface area contributed by atoms with Crippen molar-refractivity contribution in [2.45, 2.75) is 161 Å². The smallest absolute Gasteiger partial charge is 0.306 e. The van der Waals surface area contributed by atoms with Gasteiger partial charge in [0, 0.05) is 12.8 Å². The van der Waals surface area contributed by atoms with Gasteiger partial charge in [-0.15, -0.1) is 0 Å². The number of allylic oxidation sites excluding steroid dienone is 6. The second kappa shape index (κ2) is 31.3. The molecule has 0 saturated carbocycles. The van der Waals surface area contributed by atoms with Gasteiger partial charge in [0.15, 0.2) is 6.10 Å². The highest BCUT2D eigenvalue weighted by atomic mass is 16.6. The van der Waals surface area contributed by atoms with Crippen molar-refractivity contribution < 1.29 is 39.5 Å². The van der Waals surface area contributed by atoms with Gasteiger partial charge in [-0.1, -0.05) is 146 Å².